The van der Waals surface area contributed by atoms with E-state index in [1.54, 1.807) is 6.20 Å². The first-order valence-electron chi connectivity index (χ1n) is 5.72. The van der Waals surface area contributed by atoms with Gasteiger partial charge in [0.25, 0.3) is 0 Å². The number of hydrogen-bond donors (Lipinski definition) is 3. The molecule has 0 fully saturated rings. The van der Waals surface area contributed by atoms with E-state index in [1.807, 2.05) is 13.2 Å². The molecule has 0 spiro atoms. The topological polar surface area (TPSA) is 69.8 Å². The summed E-state index contributed by atoms with van der Waals surface area (Å²) in [7, 11) is 1.89. The van der Waals surface area contributed by atoms with Crippen LogP contribution in [0.2, 0.25) is 0 Å². The predicted octanol–water partition coefficient (Wildman–Crippen LogP) is 0.458. The Bertz CT molecular complexity index is 284. The molecule has 0 bridgehead atoms. The van der Waals surface area contributed by atoms with Crippen LogP contribution in [0.25, 0.3) is 0 Å². The van der Waals surface area contributed by atoms with Gasteiger partial charge in [0.2, 0.25) is 5.91 Å². The third-order valence-corrected chi connectivity index (χ3v) is 2.30. The van der Waals surface area contributed by atoms with E-state index in [0.717, 1.165) is 38.2 Å². The van der Waals surface area contributed by atoms with E-state index < -0.39 is 0 Å². The minimum atomic E-state index is 0.134. The molecule has 0 atom stereocenters. The summed E-state index contributed by atoms with van der Waals surface area (Å²) < 4.78 is 0. The van der Waals surface area contributed by atoms with Crippen molar-refractivity contribution in [3.63, 3.8) is 0 Å². The van der Waals surface area contributed by atoms with Gasteiger partial charge in [-0.05, 0) is 26.4 Å². The number of carbonyl (C=O) groups is 1. The number of H-pyrrole nitrogens is 1. The van der Waals surface area contributed by atoms with Crippen molar-refractivity contribution in [2.75, 3.05) is 20.1 Å². The number of carbonyl (C=O) groups excluding carboxylic acids is 1. The van der Waals surface area contributed by atoms with Crippen LogP contribution in [-0.4, -0.2) is 36.0 Å². The minimum absolute atomic E-state index is 0.134. The fourth-order valence-electron chi connectivity index (χ4n) is 1.43. The number of aryl methyl sites for hydroxylation is 1. The average Bonchev–Trinajstić information content (AvgIpc) is 2.78. The lowest BCUT2D eigenvalue weighted by atomic mass is 10.2. The van der Waals surface area contributed by atoms with Gasteiger partial charge in [-0.15, -0.1) is 0 Å². The molecule has 0 unspecified atom stereocenters. The number of aromatic nitrogens is 2. The van der Waals surface area contributed by atoms with Crippen LogP contribution in [0.1, 0.15) is 25.1 Å². The molecule has 90 valence electrons. The molecule has 1 amide bonds. The Morgan fingerprint density at radius 3 is 3.00 bits per heavy atom. The molecule has 3 N–H and O–H groups in total. The molecule has 0 aliphatic rings. The normalized spacial score (nSPS) is 10.3. The number of nitrogens with zero attached hydrogens (tertiary/aromatic N) is 1. The van der Waals surface area contributed by atoms with Gasteiger partial charge >= 0.3 is 0 Å². The zero-order valence-corrected chi connectivity index (χ0v) is 9.75. The number of rotatable bonds is 8. The van der Waals surface area contributed by atoms with Crippen molar-refractivity contribution in [3.8, 4) is 0 Å². The maximum Gasteiger partial charge on any atom is 0.220 e. The van der Waals surface area contributed by atoms with Gasteiger partial charge in [0.1, 0.15) is 5.82 Å². The van der Waals surface area contributed by atoms with E-state index in [0.29, 0.717) is 6.42 Å². The van der Waals surface area contributed by atoms with Crippen LogP contribution in [0.15, 0.2) is 12.4 Å². The van der Waals surface area contributed by atoms with Gasteiger partial charge in [-0.2, -0.15) is 0 Å². The molecular formula is C11H20N4O. The smallest absolute Gasteiger partial charge is 0.220 e. The summed E-state index contributed by atoms with van der Waals surface area (Å²) in [6.45, 7) is 1.61. The van der Waals surface area contributed by atoms with Crippen molar-refractivity contribution in [1.82, 2.24) is 20.6 Å². The predicted molar refractivity (Wildman–Crippen MR) is 63.1 cm³/mol. The first-order valence-corrected chi connectivity index (χ1v) is 5.72. The van der Waals surface area contributed by atoms with Gasteiger partial charge in [-0.3, -0.25) is 4.79 Å². The molecule has 0 aromatic carbocycles. The highest BCUT2D eigenvalue weighted by Gasteiger charge is 2.00. The van der Waals surface area contributed by atoms with Crippen LogP contribution >= 0.6 is 0 Å². The number of hydrogen-bond acceptors (Lipinski definition) is 3. The Morgan fingerprint density at radius 2 is 2.31 bits per heavy atom. The van der Waals surface area contributed by atoms with Crippen LogP contribution in [0.5, 0.6) is 0 Å². The number of amides is 1. The number of imidazole rings is 1. The van der Waals surface area contributed by atoms with E-state index >= 15 is 0 Å². The molecule has 0 saturated heterocycles. The SMILES string of the molecule is CNCCCC(=O)NCCCc1ncc[nH]1. The molecule has 0 radical (unpaired) electrons. The fraction of sp³-hybridized carbons (Fsp3) is 0.636. The highest BCUT2D eigenvalue weighted by atomic mass is 16.1. The van der Waals surface area contributed by atoms with Gasteiger partial charge in [0.05, 0.1) is 0 Å². The second-order valence-electron chi connectivity index (χ2n) is 3.70. The standard InChI is InChI=1S/C11H20N4O/c1-12-6-3-5-11(16)15-7-2-4-10-13-8-9-14-10/h8-9,12H,2-7H2,1H3,(H,13,14)(H,15,16). The van der Waals surface area contributed by atoms with Gasteiger partial charge in [-0.1, -0.05) is 0 Å². The van der Waals surface area contributed by atoms with E-state index in [9.17, 15) is 4.79 Å². The highest BCUT2D eigenvalue weighted by Crippen LogP contribution is 1.94. The lowest BCUT2D eigenvalue weighted by molar-refractivity contribution is -0.121. The summed E-state index contributed by atoms with van der Waals surface area (Å²) in [4.78, 5) is 18.5. The molecular weight excluding hydrogens is 204 g/mol. The summed E-state index contributed by atoms with van der Waals surface area (Å²) in [5.41, 5.74) is 0. The maximum absolute atomic E-state index is 11.3. The molecule has 1 aromatic rings. The van der Waals surface area contributed by atoms with E-state index in [2.05, 4.69) is 20.6 Å². The van der Waals surface area contributed by atoms with Crippen molar-refractivity contribution in [2.45, 2.75) is 25.7 Å². The van der Waals surface area contributed by atoms with Crippen molar-refractivity contribution < 1.29 is 4.79 Å². The molecule has 0 aliphatic carbocycles. The number of nitrogens with one attached hydrogen (secondary N) is 3. The summed E-state index contributed by atoms with van der Waals surface area (Å²) >= 11 is 0. The molecule has 0 aliphatic heterocycles. The third-order valence-electron chi connectivity index (χ3n) is 2.30. The largest absolute Gasteiger partial charge is 0.356 e. The second-order valence-corrected chi connectivity index (χ2v) is 3.70. The summed E-state index contributed by atoms with van der Waals surface area (Å²) in [5.74, 6) is 1.11. The molecule has 5 nitrogen and oxygen atoms in total. The van der Waals surface area contributed by atoms with Crippen molar-refractivity contribution in [1.29, 1.82) is 0 Å². The first-order chi connectivity index (χ1) is 7.83. The van der Waals surface area contributed by atoms with Gasteiger partial charge in [0, 0.05) is 31.8 Å². The van der Waals surface area contributed by atoms with E-state index in [1.165, 1.54) is 0 Å². The van der Waals surface area contributed by atoms with Crippen molar-refractivity contribution in [3.05, 3.63) is 18.2 Å². The first kappa shape index (κ1) is 12.7. The monoisotopic (exact) mass is 224 g/mol. The molecule has 16 heavy (non-hydrogen) atoms. The Hall–Kier alpha value is -1.36. The zero-order valence-electron chi connectivity index (χ0n) is 9.75. The van der Waals surface area contributed by atoms with E-state index in [-0.39, 0.29) is 5.91 Å². The molecule has 5 heteroatoms. The summed E-state index contributed by atoms with van der Waals surface area (Å²) in [5, 5.41) is 5.91. The molecule has 1 aromatic heterocycles. The van der Waals surface area contributed by atoms with Crippen molar-refractivity contribution in [2.24, 2.45) is 0 Å². The van der Waals surface area contributed by atoms with Crippen LogP contribution in [0, 0.1) is 0 Å². The molecule has 1 rings (SSSR count). The lowest BCUT2D eigenvalue weighted by Crippen LogP contribution is -2.25. The van der Waals surface area contributed by atoms with Crippen LogP contribution in [0.4, 0.5) is 0 Å². The third kappa shape index (κ3) is 5.50. The Balaban J connectivity index is 1.96. The van der Waals surface area contributed by atoms with E-state index in [4.69, 9.17) is 0 Å². The van der Waals surface area contributed by atoms with Crippen LogP contribution in [0.3, 0.4) is 0 Å². The number of aromatic amines is 1. The minimum Gasteiger partial charge on any atom is -0.356 e. The summed E-state index contributed by atoms with van der Waals surface area (Å²) in [6, 6.07) is 0. The Kier molecular flexibility index (Phi) is 6.25. The quantitative estimate of drug-likeness (QED) is 0.562. The summed E-state index contributed by atoms with van der Waals surface area (Å²) in [6.07, 6.45) is 6.84. The van der Waals surface area contributed by atoms with Crippen molar-refractivity contribution >= 4 is 5.91 Å². The molecule has 0 saturated carbocycles. The molecule has 1 heterocycles. The fourth-order valence-corrected chi connectivity index (χ4v) is 1.43. The van der Waals surface area contributed by atoms with Crippen LogP contribution in [-0.2, 0) is 11.2 Å². The highest BCUT2D eigenvalue weighted by molar-refractivity contribution is 5.75. The second kappa shape index (κ2) is 7.87. The average molecular weight is 224 g/mol. The van der Waals surface area contributed by atoms with Gasteiger partial charge < -0.3 is 15.6 Å². The van der Waals surface area contributed by atoms with Crippen LogP contribution < -0.4 is 10.6 Å². The zero-order chi connectivity index (χ0) is 11.6. The van der Waals surface area contributed by atoms with Gasteiger partial charge in [-0.25, -0.2) is 4.98 Å². The van der Waals surface area contributed by atoms with Gasteiger partial charge in [0.15, 0.2) is 0 Å². The Morgan fingerprint density at radius 1 is 1.44 bits per heavy atom. The Labute approximate surface area is 96.0 Å². The maximum atomic E-state index is 11.3. The lowest BCUT2D eigenvalue weighted by Gasteiger charge is -2.04.